The summed E-state index contributed by atoms with van der Waals surface area (Å²) >= 11 is 0. The molecule has 26 heavy (non-hydrogen) atoms. The van der Waals surface area contributed by atoms with E-state index < -0.39 is 5.97 Å². The molecule has 0 spiro atoms. The van der Waals surface area contributed by atoms with Crippen molar-refractivity contribution in [1.82, 2.24) is 15.3 Å². The van der Waals surface area contributed by atoms with Crippen LogP contribution in [0.3, 0.4) is 0 Å². The first kappa shape index (κ1) is 19.2. The van der Waals surface area contributed by atoms with E-state index in [-0.39, 0.29) is 18.0 Å². The molecule has 0 radical (unpaired) electrons. The van der Waals surface area contributed by atoms with Crippen LogP contribution >= 0.6 is 0 Å². The van der Waals surface area contributed by atoms with Gasteiger partial charge in [0.15, 0.2) is 0 Å². The molecule has 1 amide bonds. The number of nitrogens with one attached hydrogen (secondary N) is 3. The van der Waals surface area contributed by atoms with Crippen molar-refractivity contribution in [3.8, 4) is 0 Å². The Morgan fingerprint density at radius 1 is 1.27 bits per heavy atom. The van der Waals surface area contributed by atoms with Crippen molar-refractivity contribution in [2.24, 2.45) is 0 Å². The van der Waals surface area contributed by atoms with Gasteiger partial charge in [-0.25, -0.2) is 4.98 Å². The van der Waals surface area contributed by atoms with Crippen LogP contribution in [0, 0.1) is 6.92 Å². The van der Waals surface area contributed by atoms with Gasteiger partial charge in [-0.2, -0.15) is 0 Å². The molecule has 0 fully saturated rings. The molecule has 0 bridgehead atoms. The Bertz CT molecular complexity index is 832. The van der Waals surface area contributed by atoms with Crippen molar-refractivity contribution < 1.29 is 14.3 Å². The zero-order chi connectivity index (χ0) is 18.9. The van der Waals surface area contributed by atoms with Crippen molar-refractivity contribution in [3.63, 3.8) is 0 Å². The monoisotopic (exact) mass is 358 g/mol. The van der Waals surface area contributed by atoms with Gasteiger partial charge < -0.3 is 20.4 Å². The first-order valence-electron chi connectivity index (χ1n) is 8.33. The summed E-state index contributed by atoms with van der Waals surface area (Å²) in [5, 5.41) is 5.70. The van der Waals surface area contributed by atoms with Gasteiger partial charge in [0.05, 0.1) is 12.2 Å². The molecule has 1 aromatic carbocycles. The maximum Gasteiger partial charge on any atom is 0.325 e. The fourth-order valence-electron chi connectivity index (χ4n) is 2.38. The first-order valence-corrected chi connectivity index (χ1v) is 8.33. The lowest BCUT2D eigenvalue weighted by Crippen LogP contribution is -2.28. The molecule has 2 aromatic rings. The third kappa shape index (κ3) is 5.73. The smallest absolute Gasteiger partial charge is 0.325 e. The summed E-state index contributed by atoms with van der Waals surface area (Å²) in [7, 11) is 0. The normalized spacial score (nSPS) is 10.2. The fourth-order valence-corrected chi connectivity index (χ4v) is 2.38. The summed E-state index contributed by atoms with van der Waals surface area (Å²) in [5.74, 6) is -0.135. The molecule has 0 aliphatic rings. The van der Waals surface area contributed by atoms with Gasteiger partial charge in [-0.1, -0.05) is 12.1 Å². The quantitative estimate of drug-likeness (QED) is 0.608. The van der Waals surface area contributed by atoms with Crippen LogP contribution in [-0.2, 0) is 16.0 Å². The predicted octanol–water partition coefficient (Wildman–Crippen LogP) is 1.03. The number of aromatic amines is 1. The standard InChI is InChI=1S/C18H22N4O4/c1-3-26-17(24)11-20-15-7-5-4-6-14(15)18(25)19-9-8-13-10-16(23)22-12(2)21-13/h4-7,10,20H,3,8-9,11H2,1-2H3,(H,19,25)(H,21,22,23). The van der Waals surface area contributed by atoms with Crippen LogP contribution in [0.1, 0.15) is 28.8 Å². The molecule has 1 aromatic heterocycles. The summed E-state index contributed by atoms with van der Waals surface area (Å²) in [6, 6.07) is 8.31. The van der Waals surface area contributed by atoms with E-state index in [2.05, 4.69) is 20.6 Å². The van der Waals surface area contributed by atoms with Gasteiger partial charge >= 0.3 is 5.97 Å². The summed E-state index contributed by atoms with van der Waals surface area (Å²) in [4.78, 5) is 42.1. The van der Waals surface area contributed by atoms with Gasteiger partial charge in [0.25, 0.3) is 11.5 Å². The number of benzene rings is 1. The number of esters is 1. The molecule has 0 atom stereocenters. The number of amides is 1. The van der Waals surface area contributed by atoms with E-state index >= 15 is 0 Å². The van der Waals surface area contributed by atoms with Gasteiger partial charge in [0, 0.05) is 30.4 Å². The van der Waals surface area contributed by atoms with E-state index in [1.807, 2.05) is 0 Å². The van der Waals surface area contributed by atoms with Gasteiger partial charge in [-0.3, -0.25) is 14.4 Å². The zero-order valence-electron chi connectivity index (χ0n) is 14.8. The number of H-pyrrole nitrogens is 1. The number of anilines is 1. The maximum atomic E-state index is 12.4. The summed E-state index contributed by atoms with van der Waals surface area (Å²) < 4.78 is 4.86. The van der Waals surface area contributed by atoms with Gasteiger partial charge in [-0.15, -0.1) is 0 Å². The Balaban J connectivity index is 1.94. The molecular weight excluding hydrogens is 336 g/mol. The molecule has 8 nitrogen and oxygen atoms in total. The third-order valence-corrected chi connectivity index (χ3v) is 3.48. The Kier molecular flexibility index (Phi) is 6.90. The summed E-state index contributed by atoms with van der Waals surface area (Å²) in [6.45, 7) is 4.05. The lowest BCUT2D eigenvalue weighted by molar-refractivity contribution is -0.140. The molecule has 2 rings (SSSR count). The van der Waals surface area contributed by atoms with Crippen molar-refractivity contribution in [3.05, 3.63) is 57.8 Å². The van der Waals surface area contributed by atoms with E-state index in [4.69, 9.17) is 4.74 Å². The number of hydrogen-bond acceptors (Lipinski definition) is 6. The number of ether oxygens (including phenoxy) is 1. The van der Waals surface area contributed by atoms with E-state index in [0.717, 1.165) is 0 Å². The average molecular weight is 358 g/mol. The highest BCUT2D eigenvalue weighted by atomic mass is 16.5. The zero-order valence-corrected chi connectivity index (χ0v) is 14.8. The van der Waals surface area contributed by atoms with Crippen molar-refractivity contribution in [2.45, 2.75) is 20.3 Å². The Labute approximate surface area is 151 Å². The van der Waals surface area contributed by atoms with Crippen LogP contribution in [0.2, 0.25) is 0 Å². The Hall–Kier alpha value is -3.16. The van der Waals surface area contributed by atoms with Crippen molar-refractivity contribution in [2.75, 3.05) is 25.0 Å². The number of hydrogen-bond donors (Lipinski definition) is 3. The van der Waals surface area contributed by atoms with Crippen LogP contribution in [0.15, 0.2) is 35.1 Å². The van der Waals surface area contributed by atoms with Crippen LogP contribution in [-0.4, -0.2) is 41.5 Å². The molecule has 0 aliphatic carbocycles. The highest BCUT2D eigenvalue weighted by Crippen LogP contribution is 2.14. The molecule has 0 saturated carbocycles. The number of rotatable bonds is 8. The molecule has 0 unspecified atom stereocenters. The van der Waals surface area contributed by atoms with Crippen molar-refractivity contribution >= 4 is 17.6 Å². The Morgan fingerprint density at radius 3 is 2.77 bits per heavy atom. The molecule has 1 heterocycles. The highest BCUT2D eigenvalue weighted by molar-refractivity contribution is 6.00. The summed E-state index contributed by atoms with van der Waals surface area (Å²) in [6.07, 6.45) is 0.439. The van der Waals surface area contributed by atoms with E-state index in [9.17, 15) is 14.4 Å². The minimum atomic E-state index is -0.390. The van der Waals surface area contributed by atoms with E-state index in [1.165, 1.54) is 6.07 Å². The van der Waals surface area contributed by atoms with Crippen LogP contribution in [0.5, 0.6) is 0 Å². The number of carbonyl (C=O) groups is 2. The topological polar surface area (TPSA) is 113 Å². The first-order chi connectivity index (χ1) is 12.5. The third-order valence-electron chi connectivity index (χ3n) is 3.48. The van der Waals surface area contributed by atoms with E-state index in [1.54, 1.807) is 38.1 Å². The number of aryl methyl sites for hydroxylation is 1. The number of para-hydroxylation sites is 1. The highest BCUT2D eigenvalue weighted by Gasteiger charge is 2.12. The number of carbonyl (C=O) groups excluding carboxylic acids is 2. The number of nitrogens with zero attached hydrogens (tertiary/aromatic N) is 1. The summed E-state index contributed by atoms with van der Waals surface area (Å²) in [5.41, 5.74) is 1.36. The SMILES string of the molecule is CCOC(=O)CNc1ccccc1C(=O)NCCc1cc(=O)[nH]c(C)n1. The van der Waals surface area contributed by atoms with Crippen LogP contribution in [0.4, 0.5) is 5.69 Å². The molecule has 3 N–H and O–H groups in total. The second-order valence-electron chi connectivity index (χ2n) is 5.53. The fraction of sp³-hybridized carbons (Fsp3) is 0.333. The van der Waals surface area contributed by atoms with Gasteiger partial charge in [-0.05, 0) is 26.0 Å². The number of aromatic nitrogens is 2. The predicted molar refractivity (Wildman–Crippen MR) is 97.2 cm³/mol. The lowest BCUT2D eigenvalue weighted by atomic mass is 10.1. The van der Waals surface area contributed by atoms with Crippen molar-refractivity contribution in [1.29, 1.82) is 0 Å². The minimum Gasteiger partial charge on any atom is -0.465 e. The van der Waals surface area contributed by atoms with Gasteiger partial charge in [0.1, 0.15) is 12.4 Å². The molecule has 0 saturated heterocycles. The molecule has 138 valence electrons. The molecule has 8 heteroatoms. The van der Waals surface area contributed by atoms with E-state index in [0.29, 0.717) is 42.3 Å². The minimum absolute atomic E-state index is 0.0197. The maximum absolute atomic E-state index is 12.4. The second-order valence-corrected chi connectivity index (χ2v) is 5.53. The Morgan fingerprint density at radius 2 is 2.04 bits per heavy atom. The largest absolute Gasteiger partial charge is 0.465 e. The lowest BCUT2D eigenvalue weighted by Gasteiger charge is -2.12. The average Bonchev–Trinajstić information content (AvgIpc) is 2.59. The molecule has 0 aliphatic heterocycles. The van der Waals surface area contributed by atoms with Crippen LogP contribution < -0.4 is 16.2 Å². The van der Waals surface area contributed by atoms with Crippen LogP contribution in [0.25, 0.3) is 0 Å². The molecular formula is C18H22N4O4. The second kappa shape index (κ2) is 9.36. The van der Waals surface area contributed by atoms with Gasteiger partial charge in [0.2, 0.25) is 0 Å².